The van der Waals surface area contributed by atoms with Gasteiger partial charge < -0.3 is 4.90 Å². The average molecular weight is 283 g/mol. The number of amides is 1. The molecule has 0 bridgehead atoms. The Balaban J connectivity index is 1.84. The molecule has 0 saturated carbocycles. The molecule has 2 aromatic carbocycles. The molecule has 1 aliphatic rings. The molecule has 0 atom stereocenters. The van der Waals surface area contributed by atoms with E-state index in [0.29, 0.717) is 6.42 Å². The zero-order valence-electron chi connectivity index (χ0n) is 11.5. The highest BCUT2D eigenvalue weighted by atomic mass is 32.2. The number of anilines is 1. The Morgan fingerprint density at radius 2 is 1.90 bits per heavy atom. The van der Waals surface area contributed by atoms with Gasteiger partial charge in [0.2, 0.25) is 5.91 Å². The molecular weight excluding hydrogens is 266 g/mol. The molecule has 0 aromatic heterocycles. The van der Waals surface area contributed by atoms with Gasteiger partial charge >= 0.3 is 0 Å². The van der Waals surface area contributed by atoms with Crippen LogP contribution in [0, 0.1) is 6.92 Å². The summed E-state index contributed by atoms with van der Waals surface area (Å²) in [4.78, 5) is 15.7. The number of rotatable bonds is 2. The van der Waals surface area contributed by atoms with Crippen LogP contribution < -0.4 is 4.90 Å². The summed E-state index contributed by atoms with van der Waals surface area (Å²) in [5.41, 5.74) is 3.36. The lowest BCUT2D eigenvalue weighted by Gasteiger charge is -2.29. The Hall–Kier alpha value is -1.74. The van der Waals surface area contributed by atoms with E-state index < -0.39 is 0 Å². The highest BCUT2D eigenvalue weighted by Crippen LogP contribution is 2.34. The molecule has 0 aliphatic carbocycles. The third-order valence-corrected chi connectivity index (χ3v) is 4.68. The summed E-state index contributed by atoms with van der Waals surface area (Å²) >= 11 is 1.83. The number of nitrogens with zero attached hydrogens (tertiary/aromatic N) is 1. The van der Waals surface area contributed by atoms with Crippen molar-refractivity contribution in [3.05, 3.63) is 59.7 Å². The van der Waals surface area contributed by atoms with E-state index in [-0.39, 0.29) is 5.91 Å². The van der Waals surface area contributed by atoms with Gasteiger partial charge in [-0.05, 0) is 30.2 Å². The molecule has 102 valence electrons. The average Bonchev–Trinajstić information content (AvgIpc) is 2.49. The van der Waals surface area contributed by atoms with Crippen LogP contribution in [0.2, 0.25) is 0 Å². The number of fused-ring (bicyclic) bond motifs is 1. The van der Waals surface area contributed by atoms with Gasteiger partial charge in [-0.25, -0.2) is 0 Å². The van der Waals surface area contributed by atoms with Gasteiger partial charge in [0.05, 0.1) is 12.1 Å². The maximum Gasteiger partial charge on any atom is 0.231 e. The van der Waals surface area contributed by atoms with Gasteiger partial charge in [-0.3, -0.25) is 4.79 Å². The Bertz CT molecular complexity index is 638. The highest BCUT2D eigenvalue weighted by Gasteiger charge is 2.22. The van der Waals surface area contributed by atoms with Gasteiger partial charge in [-0.2, -0.15) is 0 Å². The van der Waals surface area contributed by atoms with E-state index in [1.807, 2.05) is 53.1 Å². The minimum atomic E-state index is 0.187. The molecule has 1 aliphatic heterocycles. The van der Waals surface area contributed by atoms with Crippen LogP contribution in [0.1, 0.15) is 11.1 Å². The smallest absolute Gasteiger partial charge is 0.231 e. The van der Waals surface area contributed by atoms with Crippen molar-refractivity contribution in [3.8, 4) is 0 Å². The first-order valence-corrected chi connectivity index (χ1v) is 7.81. The van der Waals surface area contributed by atoms with Crippen molar-refractivity contribution in [3.63, 3.8) is 0 Å². The molecule has 1 heterocycles. The van der Waals surface area contributed by atoms with Crippen LogP contribution in [0.4, 0.5) is 5.69 Å². The van der Waals surface area contributed by atoms with Gasteiger partial charge in [0.15, 0.2) is 0 Å². The first-order chi connectivity index (χ1) is 9.75. The largest absolute Gasteiger partial charge is 0.310 e. The van der Waals surface area contributed by atoms with E-state index in [1.54, 1.807) is 0 Å². The van der Waals surface area contributed by atoms with Crippen molar-refractivity contribution in [1.29, 1.82) is 0 Å². The summed E-state index contributed by atoms with van der Waals surface area (Å²) in [5, 5.41) is 0. The molecule has 1 amide bonds. The Morgan fingerprint density at radius 1 is 1.15 bits per heavy atom. The summed E-state index contributed by atoms with van der Waals surface area (Å²) in [7, 11) is 0. The molecule has 0 saturated heterocycles. The minimum Gasteiger partial charge on any atom is -0.310 e. The van der Waals surface area contributed by atoms with Crippen molar-refractivity contribution >= 4 is 23.4 Å². The number of carbonyl (C=O) groups excluding carboxylic acids is 1. The number of hydrogen-bond donors (Lipinski definition) is 0. The molecule has 0 spiro atoms. The quantitative estimate of drug-likeness (QED) is 0.838. The fourth-order valence-electron chi connectivity index (χ4n) is 2.50. The summed E-state index contributed by atoms with van der Waals surface area (Å²) < 4.78 is 0. The van der Waals surface area contributed by atoms with Crippen molar-refractivity contribution in [1.82, 2.24) is 0 Å². The lowest BCUT2D eigenvalue weighted by molar-refractivity contribution is -0.118. The molecule has 2 aromatic rings. The monoisotopic (exact) mass is 283 g/mol. The van der Waals surface area contributed by atoms with E-state index in [2.05, 4.69) is 19.1 Å². The molecular formula is C17H17NOS. The first kappa shape index (κ1) is 13.3. The summed E-state index contributed by atoms with van der Waals surface area (Å²) in [6, 6.07) is 16.3. The Morgan fingerprint density at radius 3 is 2.75 bits per heavy atom. The number of hydrogen-bond acceptors (Lipinski definition) is 2. The second kappa shape index (κ2) is 5.71. The second-order valence-corrected chi connectivity index (χ2v) is 6.10. The number of thioether (sulfide) groups is 1. The number of carbonyl (C=O) groups is 1. The molecule has 3 heteroatoms. The van der Waals surface area contributed by atoms with E-state index in [1.165, 1.54) is 10.5 Å². The second-order valence-electron chi connectivity index (χ2n) is 4.96. The maximum absolute atomic E-state index is 12.6. The van der Waals surface area contributed by atoms with Crippen LogP contribution in [0.3, 0.4) is 0 Å². The summed E-state index contributed by atoms with van der Waals surface area (Å²) in [5.74, 6) is 1.16. The van der Waals surface area contributed by atoms with E-state index >= 15 is 0 Å². The fraction of sp³-hybridized carbons (Fsp3) is 0.235. The van der Waals surface area contributed by atoms with Gasteiger partial charge in [0, 0.05) is 17.2 Å². The van der Waals surface area contributed by atoms with Gasteiger partial charge in [-0.15, -0.1) is 11.8 Å². The van der Waals surface area contributed by atoms with Crippen LogP contribution in [0.5, 0.6) is 0 Å². The zero-order valence-corrected chi connectivity index (χ0v) is 12.3. The molecule has 0 N–H and O–H groups in total. The molecule has 0 fully saturated rings. The predicted octanol–water partition coefficient (Wildman–Crippen LogP) is 3.68. The van der Waals surface area contributed by atoms with Crippen LogP contribution in [0.25, 0.3) is 0 Å². The first-order valence-electron chi connectivity index (χ1n) is 6.82. The Labute approximate surface area is 123 Å². The van der Waals surface area contributed by atoms with Crippen molar-refractivity contribution in [2.24, 2.45) is 0 Å². The van der Waals surface area contributed by atoms with Gasteiger partial charge in [0.1, 0.15) is 0 Å². The van der Waals surface area contributed by atoms with Gasteiger partial charge in [0.25, 0.3) is 0 Å². The zero-order chi connectivity index (χ0) is 13.9. The molecule has 20 heavy (non-hydrogen) atoms. The topological polar surface area (TPSA) is 20.3 Å². The number of benzene rings is 2. The van der Waals surface area contributed by atoms with Crippen LogP contribution >= 0.6 is 11.8 Å². The standard InChI is InChI=1S/C17H17NOS/c1-13-6-2-3-7-14(13)12-17(19)18-10-11-20-16-9-5-4-8-15(16)18/h2-9H,10-12H2,1H3. The maximum atomic E-state index is 12.6. The Kier molecular flexibility index (Phi) is 3.79. The lowest BCUT2D eigenvalue weighted by atomic mass is 10.1. The molecule has 0 radical (unpaired) electrons. The third kappa shape index (κ3) is 2.59. The minimum absolute atomic E-state index is 0.187. The van der Waals surface area contributed by atoms with Gasteiger partial charge in [-0.1, -0.05) is 36.4 Å². The van der Waals surface area contributed by atoms with Crippen molar-refractivity contribution in [2.45, 2.75) is 18.2 Å². The van der Waals surface area contributed by atoms with E-state index in [9.17, 15) is 4.79 Å². The SMILES string of the molecule is Cc1ccccc1CC(=O)N1CCSc2ccccc21. The van der Waals surface area contributed by atoms with Crippen molar-refractivity contribution in [2.75, 3.05) is 17.2 Å². The van der Waals surface area contributed by atoms with Crippen LogP contribution in [-0.2, 0) is 11.2 Å². The highest BCUT2D eigenvalue weighted by molar-refractivity contribution is 7.99. The molecule has 2 nitrogen and oxygen atoms in total. The lowest BCUT2D eigenvalue weighted by Crippen LogP contribution is -2.36. The summed E-state index contributed by atoms with van der Waals surface area (Å²) in [6.07, 6.45) is 0.478. The summed E-state index contributed by atoms with van der Waals surface area (Å²) in [6.45, 7) is 2.86. The number of para-hydroxylation sites is 1. The van der Waals surface area contributed by atoms with E-state index in [4.69, 9.17) is 0 Å². The number of aryl methyl sites for hydroxylation is 1. The molecule has 3 rings (SSSR count). The van der Waals surface area contributed by atoms with E-state index in [0.717, 1.165) is 23.5 Å². The third-order valence-electron chi connectivity index (χ3n) is 3.63. The fourth-order valence-corrected chi connectivity index (χ4v) is 3.49. The molecule has 0 unspecified atom stereocenters. The van der Waals surface area contributed by atoms with Crippen LogP contribution in [-0.4, -0.2) is 18.2 Å². The normalized spacial score (nSPS) is 13.9. The predicted molar refractivity (Wildman–Crippen MR) is 84.4 cm³/mol. The van der Waals surface area contributed by atoms with Crippen molar-refractivity contribution < 1.29 is 4.79 Å². The van der Waals surface area contributed by atoms with Crippen LogP contribution in [0.15, 0.2) is 53.4 Å².